The first-order valence-corrected chi connectivity index (χ1v) is 10.9. The Balaban J connectivity index is 1.71. The lowest BCUT2D eigenvalue weighted by atomic mass is 10.2. The third-order valence-electron chi connectivity index (χ3n) is 4.20. The van der Waals surface area contributed by atoms with E-state index in [-0.39, 0.29) is 17.1 Å². The molecule has 0 saturated heterocycles. The van der Waals surface area contributed by atoms with E-state index in [2.05, 4.69) is 15.6 Å². The molecule has 1 heterocycles. The highest BCUT2D eigenvalue weighted by molar-refractivity contribution is 8.02. The van der Waals surface area contributed by atoms with Crippen molar-refractivity contribution in [2.24, 2.45) is 0 Å². The summed E-state index contributed by atoms with van der Waals surface area (Å²) in [5, 5.41) is 5.62. The third-order valence-corrected chi connectivity index (χ3v) is 6.68. The number of thioether (sulfide) groups is 1. The van der Waals surface area contributed by atoms with Crippen LogP contribution in [0.5, 0.6) is 0 Å². The van der Waals surface area contributed by atoms with Crippen molar-refractivity contribution in [2.45, 2.75) is 43.2 Å². The summed E-state index contributed by atoms with van der Waals surface area (Å²) in [7, 11) is 0. The minimum Gasteiger partial charge on any atom is -0.326 e. The fraction of sp³-hybridized carbons (Fsp3) is 0.286. The van der Waals surface area contributed by atoms with Gasteiger partial charge in [-0.2, -0.15) is 0 Å². The Labute approximate surface area is 172 Å². The van der Waals surface area contributed by atoms with Gasteiger partial charge in [0.2, 0.25) is 11.8 Å². The normalized spacial score (nSPS) is 12.0. The number of hydrogen-bond acceptors (Lipinski definition) is 5. The molecule has 2 aromatic carbocycles. The largest absolute Gasteiger partial charge is 0.326 e. The number of anilines is 2. The number of aryl methyl sites for hydroxylation is 1. The van der Waals surface area contributed by atoms with E-state index < -0.39 is 0 Å². The number of carbonyl (C=O) groups is 2. The molecule has 0 bridgehead atoms. The average Bonchev–Trinajstić information content (AvgIpc) is 3.09. The van der Waals surface area contributed by atoms with Gasteiger partial charge < -0.3 is 10.6 Å². The summed E-state index contributed by atoms with van der Waals surface area (Å²) in [5.74, 6) is -0.0382. The second kappa shape index (κ2) is 9.21. The van der Waals surface area contributed by atoms with Crippen LogP contribution in [0.25, 0.3) is 10.2 Å². The number of aromatic nitrogens is 1. The minimum atomic E-state index is -0.221. The van der Waals surface area contributed by atoms with Gasteiger partial charge in [-0.3, -0.25) is 9.59 Å². The second-order valence-electron chi connectivity index (χ2n) is 6.43. The molecule has 0 fully saturated rings. The Morgan fingerprint density at radius 2 is 1.79 bits per heavy atom. The molecular weight excluding hydrogens is 390 g/mol. The molecule has 3 rings (SSSR count). The zero-order valence-corrected chi connectivity index (χ0v) is 17.7. The molecule has 1 unspecified atom stereocenters. The van der Waals surface area contributed by atoms with Crippen LogP contribution >= 0.6 is 23.1 Å². The van der Waals surface area contributed by atoms with Crippen molar-refractivity contribution in [3.05, 3.63) is 48.0 Å². The maximum Gasteiger partial charge on any atom is 0.237 e. The van der Waals surface area contributed by atoms with Gasteiger partial charge >= 0.3 is 0 Å². The summed E-state index contributed by atoms with van der Waals surface area (Å²) in [6, 6.07) is 13.5. The summed E-state index contributed by atoms with van der Waals surface area (Å²) in [4.78, 5) is 28.9. The van der Waals surface area contributed by atoms with Gasteiger partial charge in [0, 0.05) is 17.8 Å². The highest BCUT2D eigenvalue weighted by atomic mass is 32.2. The molecule has 0 spiro atoms. The van der Waals surface area contributed by atoms with E-state index >= 15 is 0 Å². The number of rotatable bonds is 7. The number of benzene rings is 2. The molecule has 2 N–H and O–H groups in total. The van der Waals surface area contributed by atoms with Crippen molar-refractivity contribution >= 4 is 56.5 Å². The van der Waals surface area contributed by atoms with Gasteiger partial charge in [-0.1, -0.05) is 43.3 Å². The maximum atomic E-state index is 12.7. The average molecular weight is 414 g/mol. The maximum absolute atomic E-state index is 12.7. The van der Waals surface area contributed by atoms with Crippen molar-refractivity contribution in [3.63, 3.8) is 0 Å². The fourth-order valence-corrected chi connectivity index (χ4v) is 4.86. The summed E-state index contributed by atoms with van der Waals surface area (Å²) in [5.41, 5.74) is 3.60. The quantitative estimate of drug-likeness (QED) is 0.504. The van der Waals surface area contributed by atoms with Gasteiger partial charge in [-0.05, 0) is 43.7 Å². The third kappa shape index (κ3) is 5.11. The lowest BCUT2D eigenvalue weighted by Crippen LogP contribution is -2.24. The Morgan fingerprint density at radius 1 is 1.07 bits per heavy atom. The zero-order chi connectivity index (χ0) is 20.1. The minimum absolute atomic E-state index is 0.0164. The first-order valence-electron chi connectivity index (χ1n) is 9.23. The molecule has 2 amide bonds. The van der Waals surface area contributed by atoms with Crippen molar-refractivity contribution in [1.29, 1.82) is 0 Å². The molecule has 0 radical (unpaired) electrons. The highest BCUT2D eigenvalue weighted by Crippen LogP contribution is 2.34. The predicted molar refractivity (Wildman–Crippen MR) is 118 cm³/mol. The Morgan fingerprint density at radius 3 is 2.46 bits per heavy atom. The van der Waals surface area contributed by atoms with Crippen LogP contribution in [0.3, 0.4) is 0 Å². The molecule has 7 heteroatoms. The summed E-state index contributed by atoms with van der Waals surface area (Å²) >= 11 is 3.01. The van der Waals surface area contributed by atoms with Crippen LogP contribution in [0.15, 0.2) is 46.8 Å². The molecule has 28 heavy (non-hydrogen) atoms. The van der Waals surface area contributed by atoms with Crippen LogP contribution in [0.2, 0.25) is 0 Å². The Bertz CT molecular complexity index is 983. The van der Waals surface area contributed by atoms with E-state index in [1.54, 1.807) is 0 Å². The molecular formula is C21H23N3O2S2. The first-order chi connectivity index (χ1) is 13.5. The number of carbonyl (C=O) groups excluding carboxylic acids is 2. The molecule has 0 aliphatic rings. The van der Waals surface area contributed by atoms with Crippen LogP contribution in [-0.2, 0) is 9.59 Å². The van der Waals surface area contributed by atoms with Gasteiger partial charge in [0.15, 0.2) is 4.34 Å². The second-order valence-corrected chi connectivity index (χ2v) is 8.91. The van der Waals surface area contributed by atoms with E-state index in [1.165, 1.54) is 23.1 Å². The summed E-state index contributed by atoms with van der Waals surface area (Å²) in [6.07, 6.45) is 1.15. The van der Waals surface area contributed by atoms with Gasteiger partial charge in [0.25, 0.3) is 0 Å². The molecule has 3 aromatic rings. The summed E-state index contributed by atoms with van der Waals surface area (Å²) < 4.78 is 1.84. The molecule has 5 nitrogen and oxygen atoms in total. The van der Waals surface area contributed by atoms with Crippen LogP contribution in [0.1, 0.15) is 32.3 Å². The number of amides is 2. The van der Waals surface area contributed by atoms with Gasteiger partial charge in [0.05, 0.1) is 15.5 Å². The molecule has 0 saturated carbocycles. The molecule has 146 valence electrons. The van der Waals surface area contributed by atoms with Crippen molar-refractivity contribution in [3.8, 4) is 0 Å². The Kier molecular flexibility index (Phi) is 6.70. The lowest BCUT2D eigenvalue weighted by Gasteiger charge is -2.13. The van der Waals surface area contributed by atoms with E-state index in [0.29, 0.717) is 12.8 Å². The van der Waals surface area contributed by atoms with Crippen molar-refractivity contribution < 1.29 is 9.59 Å². The monoisotopic (exact) mass is 413 g/mol. The van der Waals surface area contributed by atoms with Crippen LogP contribution in [0.4, 0.5) is 11.4 Å². The molecule has 0 aliphatic heterocycles. The van der Waals surface area contributed by atoms with E-state index in [4.69, 9.17) is 0 Å². The zero-order valence-electron chi connectivity index (χ0n) is 16.1. The number of thiazole rings is 1. The predicted octanol–water partition coefficient (Wildman–Crippen LogP) is 5.46. The molecule has 1 aromatic heterocycles. The topological polar surface area (TPSA) is 71.1 Å². The van der Waals surface area contributed by atoms with Crippen LogP contribution in [0, 0.1) is 6.92 Å². The van der Waals surface area contributed by atoms with Gasteiger partial charge in [-0.25, -0.2) is 4.98 Å². The van der Waals surface area contributed by atoms with Gasteiger partial charge in [-0.15, -0.1) is 11.3 Å². The lowest BCUT2D eigenvalue weighted by molar-refractivity contribution is -0.116. The number of nitrogens with one attached hydrogen (secondary N) is 2. The van der Waals surface area contributed by atoms with Crippen molar-refractivity contribution in [2.75, 3.05) is 10.6 Å². The van der Waals surface area contributed by atoms with E-state index in [0.717, 1.165) is 31.5 Å². The number of nitrogens with zero attached hydrogens (tertiary/aromatic N) is 1. The number of fused-ring (bicyclic) bond motifs is 1. The summed E-state index contributed by atoms with van der Waals surface area (Å²) in [6.45, 7) is 5.84. The molecule has 0 aliphatic carbocycles. The standard InChI is InChI=1S/C21H23N3O2S2/c1-4-17(20(26)23-14-8-6-13(3)7-9-14)27-21-24-16-11-10-15(12-18(16)28-21)22-19(25)5-2/h6-12,17H,4-5H2,1-3H3,(H,22,25)(H,23,26). The van der Waals surface area contributed by atoms with Crippen LogP contribution in [-0.4, -0.2) is 22.0 Å². The number of hydrogen-bond donors (Lipinski definition) is 2. The fourth-order valence-electron chi connectivity index (χ4n) is 2.58. The first kappa shape index (κ1) is 20.4. The van der Waals surface area contributed by atoms with Crippen LogP contribution < -0.4 is 10.6 Å². The van der Waals surface area contributed by atoms with Crippen molar-refractivity contribution in [1.82, 2.24) is 4.98 Å². The van der Waals surface area contributed by atoms with E-state index in [1.807, 2.05) is 63.2 Å². The Hall–Kier alpha value is -2.38. The van der Waals surface area contributed by atoms with E-state index in [9.17, 15) is 9.59 Å². The SMILES string of the molecule is CCC(=O)Nc1ccc2nc(SC(CC)C(=O)Nc3ccc(C)cc3)sc2c1. The molecule has 1 atom stereocenters. The highest BCUT2D eigenvalue weighted by Gasteiger charge is 2.20. The smallest absolute Gasteiger partial charge is 0.237 e. The van der Waals surface area contributed by atoms with Gasteiger partial charge in [0.1, 0.15) is 0 Å².